The standard InChI is InChI=1S/C36H31ClF3N11O2S/c37-23-12-21-29(28(40)27(23)20-2-3-24(39)30-26(20)22(14-42)31(43)54-30)45-33(53-17-36-5-1-9-49(36)15-19(38)13-36)46-32(21)48-10-6-35(16-48)7-11-50(35)34(52)51-18-44-25(47-51)4-8-41/h2-3,12,18-19H,1,4-7,9-11,13,15-17,43H2/t19-,35?,36+/m1/s1. The zero-order valence-electron chi connectivity index (χ0n) is 28.7. The number of rotatable bonds is 6. The van der Waals surface area contributed by atoms with Crippen molar-refractivity contribution in [2.24, 2.45) is 0 Å². The number of amides is 1. The quantitative estimate of drug-likeness (QED) is 0.221. The van der Waals surface area contributed by atoms with E-state index in [0.717, 1.165) is 35.4 Å². The Morgan fingerprint density at radius 3 is 2.78 bits per heavy atom. The molecule has 5 aromatic rings. The second-order valence-corrected chi connectivity index (χ2v) is 15.9. The molecule has 4 fully saturated rings. The fourth-order valence-corrected chi connectivity index (χ4v) is 10.1. The fourth-order valence-electron chi connectivity index (χ4n) is 8.83. The maximum absolute atomic E-state index is 17.2. The topological polar surface area (TPSA) is 166 Å². The van der Waals surface area contributed by atoms with Crippen molar-refractivity contribution in [2.75, 3.05) is 50.0 Å². The molecular weight excluding hydrogens is 743 g/mol. The number of nitrogens with two attached hydrogens (primary N) is 1. The van der Waals surface area contributed by atoms with Crippen LogP contribution in [-0.4, -0.2) is 97.1 Å². The van der Waals surface area contributed by atoms with Gasteiger partial charge < -0.3 is 20.3 Å². The van der Waals surface area contributed by atoms with Gasteiger partial charge in [0, 0.05) is 48.9 Å². The van der Waals surface area contributed by atoms with Gasteiger partial charge in [0.25, 0.3) is 0 Å². The van der Waals surface area contributed by atoms with Crippen LogP contribution in [0.15, 0.2) is 24.5 Å². The average molecular weight is 774 g/mol. The van der Waals surface area contributed by atoms with Crippen molar-refractivity contribution in [3.63, 3.8) is 0 Å². The summed E-state index contributed by atoms with van der Waals surface area (Å²) in [5, 5.41) is 23.6. The molecule has 276 valence electrons. The minimum atomic E-state index is -0.981. The number of hydrogen-bond acceptors (Lipinski definition) is 12. The summed E-state index contributed by atoms with van der Waals surface area (Å²) in [5.41, 5.74) is 4.99. The molecule has 4 saturated heterocycles. The summed E-state index contributed by atoms with van der Waals surface area (Å²) in [4.78, 5) is 32.8. The summed E-state index contributed by atoms with van der Waals surface area (Å²) in [5.74, 6) is -0.843. The lowest BCUT2D eigenvalue weighted by Crippen LogP contribution is -2.64. The number of likely N-dealkylation sites (tertiary alicyclic amines) is 1. The number of nitrogen functional groups attached to an aromatic ring is 1. The van der Waals surface area contributed by atoms with Crippen LogP contribution in [0, 0.1) is 34.3 Å². The number of anilines is 2. The lowest BCUT2D eigenvalue weighted by molar-refractivity contribution is 0.0399. The van der Waals surface area contributed by atoms with E-state index >= 15 is 4.39 Å². The van der Waals surface area contributed by atoms with Gasteiger partial charge in [-0.15, -0.1) is 16.4 Å². The summed E-state index contributed by atoms with van der Waals surface area (Å²) in [7, 11) is 0. The Morgan fingerprint density at radius 2 is 2.00 bits per heavy atom. The van der Waals surface area contributed by atoms with Gasteiger partial charge in [-0.1, -0.05) is 17.7 Å². The molecule has 3 atom stereocenters. The Labute approximate surface area is 315 Å². The van der Waals surface area contributed by atoms with Crippen LogP contribution >= 0.6 is 22.9 Å². The minimum Gasteiger partial charge on any atom is -0.461 e. The van der Waals surface area contributed by atoms with E-state index < -0.39 is 28.9 Å². The molecule has 13 nitrogen and oxygen atoms in total. The molecule has 3 aromatic heterocycles. The molecule has 7 heterocycles. The number of thiophene rings is 1. The highest BCUT2D eigenvalue weighted by Crippen LogP contribution is 2.48. The first-order valence-electron chi connectivity index (χ1n) is 17.5. The molecule has 54 heavy (non-hydrogen) atoms. The number of nitriles is 2. The number of alkyl halides is 1. The Morgan fingerprint density at radius 1 is 1.17 bits per heavy atom. The van der Waals surface area contributed by atoms with Gasteiger partial charge in [0.05, 0.1) is 38.9 Å². The number of carbonyl (C=O) groups is 1. The molecule has 4 aliphatic rings. The molecule has 18 heteroatoms. The van der Waals surface area contributed by atoms with Gasteiger partial charge in [-0.05, 0) is 49.9 Å². The van der Waals surface area contributed by atoms with Crippen LogP contribution in [0.2, 0.25) is 5.02 Å². The highest BCUT2D eigenvalue weighted by Gasteiger charge is 2.53. The zero-order chi connectivity index (χ0) is 37.5. The van der Waals surface area contributed by atoms with Crippen LogP contribution in [0.4, 0.5) is 28.8 Å². The molecule has 4 aliphatic heterocycles. The Hall–Kier alpha value is -5.23. The summed E-state index contributed by atoms with van der Waals surface area (Å²) in [6, 6.07) is 7.62. The number of nitrogens with zero attached hydrogens (tertiary/aromatic N) is 10. The van der Waals surface area contributed by atoms with Gasteiger partial charge >= 0.3 is 12.0 Å². The van der Waals surface area contributed by atoms with E-state index in [4.69, 9.17) is 32.3 Å². The van der Waals surface area contributed by atoms with Crippen LogP contribution in [-0.2, 0) is 6.42 Å². The van der Waals surface area contributed by atoms with E-state index in [0.29, 0.717) is 51.3 Å². The van der Waals surface area contributed by atoms with Crippen molar-refractivity contribution in [3.8, 4) is 29.3 Å². The van der Waals surface area contributed by atoms with E-state index in [-0.39, 0.29) is 78.6 Å². The Balaban J connectivity index is 1.13. The van der Waals surface area contributed by atoms with Crippen molar-refractivity contribution in [1.82, 2.24) is 34.5 Å². The first-order chi connectivity index (χ1) is 26.0. The van der Waals surface area contributed by atoms with Gasteiger partial charge in [0.2, 0.25) is 0 Å². The summed E-state index contributed by atoms with van der Waals surface area (Å²) >= 11 is 7.79. The van der Waals surface area contributed by atoms with Crippen molar-refractivity contribution in [1.29, 1.82) is 10.5 Å². The van der Waals surface area contributed by atoms with E-state index in [1.54, 1.807) is 11.0 Å². The van der Waals surface area contributed by atoms with Crippen molar-refractivity contribution >= 4 is 60.8 Å². The molecule has 9 rings (SSSR count). The van der Waals surface area contributed by atoms with Crippen molar-refractivity contribution < 1.29 is 22.7 Å². The number of benzene rings is 2. The van der Waals surface area contributed by atoms with Crippen LogP contribution in [0.3, 0.4) is 0 Å². The first kappa shape index (κ1) is 34.5. The van der Waals surface area contributed by atoms with E-state index in [9.17, 15) is 18.8 Å². The predicted octanol–water partition coefficient (Wildman–Crippen LogP) is 5.83. The number of ether oxygens (including phenoxy) is 1. The number of aromatic nitrogens is 5. The van der Waals surface area contributed by atoms with Gasteiger partial charge in [-0.25, -0.2) is 22.9 Å². The summed E-state index contributed by atoms with van der Waals surface area (Å²) in [6.45, 7) is 2.48. The maximum Gasteiger partial charge on any atom is 0.346 e. The van der Waals surface area contributed by atoms with Gasteiger partial charge in [-0.2, -0.15) is 25.2 Å². The second-order valence-electron chi connectivity index (χ2n) is 14.4. The average Bonchev–Trinajstić information content (AvgIpc) is 3.97. The third kappa shape index (κ3) is 5.24. The number of fused-ring (bicyclic) bond motifs is 3. The van der Waals surface area contributed by atoms with E-state index in [2.05, 4.69) is 20.0 Å². The highest BCUT2D eigenvalue weighted by atomic mass is 35.5. The SMILES string of the molecule is N#CCc1ncn(C(=O)N2CCC23CCN(c2nc(OC[C@@]45CCCN4C[C@H](F)C5)nc4c(F)c(-c5ccc(F)c6sc(N)c(C#N)c56)c(Cl)cc24)C3)n1. The van der Waals surface area contributed by atoms with Crippen LogP contribution in [0.1, 0.15) is 43.5 Å². The lowest BCUT2D eigenvalue weighted by Gasteiger charge is -2.50. The lowest BCUT2D eigenvalue weighted by atomic mass is 9.84. The third-order valence-electron chi connectivity index (χ3n) is 11.5. The van der Waals surface area contributed by atoms with Crippen LogP contribution in [0.25, 0.3) is 32.1 Å². The first-order valence-corrected chi connectivity index (χ1v) is 18.7. The number of halogens is 4. The van der Waals surface area contributed by atoms with Crippen LogP contribution in [0.5, 0.6) is 6.01 Å². The molecule has 0 radical (unpaired) electrons. The van der Waals surface area contributed by atoms with Crippen molar-refractivity contribution in [3.05, 3.63) is 52.6 Å². The maximum atomic E-state index is 17.2. The number of carbonyl (C=O) groups excluding carboxylic acids is 1. The fraction of sp³-hybridized carbons (Fsp3) is 0.417. The zero-order valence-corrected chi connectivity index (χ0v) is 30.2. The Kier molecular flexibility index (Phi) is 8.11. The van der Waals surface area contributed by atoms with Crippen molar-refractivity contribution in [2.45, 2.75) is 55.8 Å². The minimum absolute atomic E-state index is 0.0183. The normalized spacial score (nSPS) is 23.6. The van der Waals surface area contributed by atoms with Gasteiger partial charge in [-0.3, -0.25) is 4.90 Å². The predicted molar refractivity (Wildman–Crippen MR) is 194 cm³/mol. The highest BCUT2D eigenvalue weighted by molar-refractivity contribution is 7.23. The summed E-state index contributed by atoms with van der Waals surface area (Å²) < 4.78 is 54.3. The largest absolute Gasteiger partial charge is 0.461 e. The van der Waals surface area contributed by atoms with Gasteiger partial charge in [0.15, 0.2) is 11.6 Å². The smallest absolute Gasteiger partial charge is 0.346 e. The summed E-state index contributed by atoms with van der Waals surface area (Å²) in [6.07, 6.45) is 3.54. The Bertz CT molecular complexity index is 2480. The van der Waals surface area contributed by atoms with E-state index in [1.165, 1.54) is 18.5 Å². The van der Waals surface area contributed by atoms with Gasteiger partial charge in [0.1, 0.15) is 47.3 Å². The molecule has 2 aromatic carbocycles. The molecular formula is C36H31ClF3N11O2S. The molecule has 1 unspecified atom stereocenters. The molecule has 0 bridgehead atoms. The number of hydrogen-bond donors (Lipinski definition) is 1. The second kappa shape index (κ2) is 12.7. The molecule has 1 spiro atoms. The monoisotopic (exact) mass is 773 g/mol. The molecule has 0 aliphatic carbocycles. The van der Waals surface area contributed by atoms with E-state index in [1.807, 2.05) is 17.0 Å². The third-order valence-corrected chi connectivity index (χ3v) is 12.8. The van der Waals surface area contributed by atoms with Crippen LogP contribution < -0.4 is 15.4 Å². The molecule has 2 N–H and O–H groups in total. The molecule has 0 saturated carbocycles. The molecule has 1 amide bonds.